The van der Waals surface area contributed by atoms with Gasteiger partial charge in [-0.2, -0.15) is 0 Å². The molecule has 0 aromatic heterocycles. The van der Waals surface area contributed by atoms with E-state index in [4.69, 9.17) is 59.4 Å². The number of hydrogen-bond donors (Lipinski definition) is 6. The van der Waals surface area contributed by atoms with Crippen LogP contribution in [0.15, 0.2) is 0 Å². The second-order valence-corrected chi connectivity index (χ2v) is 1.83. The van der Waals surface area contributed by atoms with Gasteiger partial charge < -0.3 is 33.5 Å². The predicted octanol–water partition coefficient (Wildman–Crippen LogP) is -2.69. The quantitative estimate of drug-likeness (QED) is 0.125. The van der Waals surface area contributed by atoms with Gasteiger partial charge in [0.2, 0.25) is 0 Å². The van der Waals surface area contributed by atoms with Gasteiger partial charge >= 0.3 is 73.6 Å². The van der Waals surface area contributed by atoms with Gasteiger partial charge in [0.25, 0.3) is 0 Å². The van der Waals surface area contributed by atoms with Gasteiger partial charge in [-0.15, -0.1) is 0 Å². The number of rotatable bonds is 0. The number of carbonyl (C=O) groups is 6. The Morgan fingerprint density at radius 3 is 0.476 bits per heavy atom. The van der Waals surface area contributed by atoms with Gasteiger partial charge in [-0.25, -0.2) is 28.8 Å². The Morgan fingerprint density at radius 1 is 0.429 bits per heavy atom. The number of carboxylic acid groups (broad SMARTS) is 6. The number of aliphatic carboxylic acids is 6. The van der Waals surface area contributed by atoms with Gasteiger partial charge in [-0.1, -0.05) is 0 Å². The normalized spacial score (nSPS) is 6.29. The van der Waals surface area contributed by atoms with Gasteiger partial charge in [0.05, 0.1) is 0 Å². The molecule has 0 heterocycles. The molecule has 114 valence electrons. The SMILES string of the molecule is O=C(O)C(=O)O.O=C(O)C(=O)O.O=C(O)C(=O)O.[Ca+2].[Ce].[Ce].[H-].[H-]. The van der Waals surface area contributed by atoms with Crippen LogP contribution in [-0.4, -0.2) is 104 Å². The molecule has 0 rings (SSSR count). The van der Waals surface area contributed by atoms with Crippen LogP contribution >= 0.6 is 0 Å². The van der Waals surface area contributed by atoms with Crippen LogP contribution in [0.3, 0.4) is 0 Å². The topological polar surface area (TPSA) is 224 Å². The molecule has 6 N–H and O–H groups in total. The molecule has 0 aromatic rings. The molecule has 0 aliphatic rings. The van der Waals surface area contributed by atoms with E-state index in [0.717, 1.165) is 0 Å². The van der Waals surface area contributed by atoms with E-state index >= 15 is 0 Å². The molecule has 15 heteroatoms. The number of carboxylic acids is 6. The van der Waals surface area contributed by atoms with Crippen molar-refractivity contribution in [1.29, 1.82) is 0 Å². The van der Waals surface area contributed by atoms with Crippen molar-refractivity contribution in [3.8, 4) is 0 Å². The van der Waals surface area contributed by atoms with Crippen molar-refractivity contribution in [2.24, 2.45) is 0 Å². The maximum Gasteiger partial charge on any atom is 2.00 e. The molecule has 0 aromatic carbocycles. The van der Waals surface area contributed by atoms with Crippen LogP contribution in [0.2, 0.25) is 0 Å². The molecular formula is C6H8CaCe2O12. The molecule has 0 atom stereocenters. The zero-order valence-electron chi connectivity index (χ0n) is 11.8. The molecule has 0 unspecified atom stereocenters. The first-order chi connectivity index (χ1) is 7.93. The predicted molar refractivity (Wildman–Crippen MR) is 53.8 cm³/mol. The molecule has 0 bridgehead atoms. The van der Waals surface area contributed by atoms with Crippen molar-refractivity contribution in [2.75, 3.05) is 0 Å². The molecule has 21 heavy (non-hydrogen) atoms. The van der Waals surface area contributed by atoms with Crippen molar-refractivity contribution in [2.45, 2.75) is 0 Å². The summed E-state index contributed by atoms with van der Waals surface area (Å²) in [7, 11) is 0. The fourth-order valence-electron chi connectivity index (χ4n) is 0. The summed E-state index contributed by atoms with van der Waals surface area (Å²) in [5.41, 5.74) is 0. The Balaban J connectivity index is -0.0000000221. The summed E-state index contributed by atoms with van der Waals surface area (Å²) in [6, 6.07) is 0. The molecule has 0 saturated carbocycles. The first-order valence-corrected chi connectivity index (χ1v) is 3.32. The standard InChI is InChI=1S/3C2H2O4.Ca.2Ce.2H/c3*3-1(4)2(5)6;;;;;/h3*(H,3,4)(H,5,6);;;;;/q;;;+2;;;2*-1. The van der Waals surface area contributed by atoms with Gasteiger partial charge in [0.1, 0.15) is 0 Å². The smallest absolute Gasteiger partial charge is 1.00 e. The number of hydrogen-bond acceptors (Lipinski definition) is 6. The van der Waals surface area contributed by atoms with E-state index in [1.165, 1.54) is 0 Å². The Hall–Kier alpha value is 0.833. The molecule has 0 radical (unpaired) electrons. The third kappa shape index (κ3) is 44.9. The van der Waals surface area contributed by atoms with E-state index in [9.17, 15) is 0 Å². The molecule has 0 aliphatic carbocycles. The molecule has 0 saturated heterocycles. The molecule has 0 spiro atoms. The second-order valence-electron chi connectivity index (χ2n) is 1.83. The van der Waals surface area contributed by atoms with Crippen molar-refractivity contribution in [3.05, 3.63) is 0 Å². The third-order valence-corrected chi connectivity index (χ3v) is 0.549. The molecule has 0 amide bonds. The van der Waals surface area contributed by atoms with Crippen LogP contribution < -0.4 is 0 Å². The van der Waals surface area contributed by atoms with Gasteiger partial charge in [0.15, 0.2) is 0 Å². The van der Waals surface area contributed by atoms with E-state index in [1.54, 1.807) is 0 Å². The minimum absolute atomic E-state index is 0. The summed E-state index contributed by atoms with van der Waals surface area (Å²) in [6.07, 6.45) is 0. The average molecular weight is 592 g/mol. The summed E-state index contributed by atoms with van der Waals surface area (Å²) in [6.45, 7) is 0. The van der Waals surface area contributed by atoms with Crippen LogP contribution in [0.4, 0.5) is 0 Å². The first-order valence-electron chi connectivity index (χ1n) is 3.32. The summed E-state index contributed by atoms with van der Waals surface area (Å²) in [4.78, 5) is 54.6. The van der Waals surface area contributed by atoms with Crippen LogP contribution in [0.5, 0.6) is 0 Å². The maximum atomic E-state index is 9.10. The molecular weight excluding hydrogens is 584 g/mol. The van der Waals surface area contributed by atoms with Crippen molar-refractivity contribution in [3.63, 3.8) is 0 Å². The largest absolute Gasteiger partial charge is 2.00 e. The minimum atomic E-state index is -1.82. The van der Waals surface area contributed by atoms with E-state index in [-0.39, 0.29) is 124 Å². The van der Waals surface area contributed by atoms with Gasteiger partial charge in [-0.05, 0) is 0 Å². The molecule has 12 nitrogen and oxygen atoms in total. The Labute approximate surface area is 215 Å². The average Bonchev–Trinajstić information content (AvgIpc) is 2.18. The molecule has 0 fully saturated rings. The van der Waals surface area contributed by atoms with Gasteiger partial charge in [0, 0.05) is 83.5 Å². The Morgan fingerprint density at radius 2 is 0.476 bits per heavy atom. The van der Waals surface area contributed by atoms with Crippen molar-refractivity contribution < 1.29 is 146 Å². The van der Waals surface area contributed by atoms with Crippen molar-refractivity contribution >= 4 is 73.6 Å². The van der Waals surface area contributed by atoms with Gasteiger partial charge in [-0.3, -0.25) is 0 Å². The Kier molecular flexibility index (Phi) is 41.6. The van der Waals surface area contributed by atoms with E-state index in [1.807, 2.05) is 0 Å². The van der Waals surface area contributed by atoms with Crippen LogP contribution in [0.1, 0.15) is 2.85 Å². The fourth-order valence-corrected chi connectivity index (χ4v) is 0. The monoisotopic (exact) mass is 592 g/mol. The summed E-state index contributed by atoms with van der Waals surface area (Å²) >= 11 is 0. The summed E-state index contributed by atoms with van der Waals surface area (Å²) < 4.78 is 0. The molecule has 0 aliphatic heterocycles. The Bertz CT molecular complexity index is 297. The van der Waals surface area contributed by atoms with E-state index < -0.39 is 35.8 Å². The summed E-state index contributed by atoms with van der Waals surface area (Å²) in [5, 5.41) is 44.3. The van der Waals surface area contributed by atoms with E-state index in [0.29, 0.717) is 0 Å². The first kappa shape index (κ1) is 37.8. The van der Waals surface area contributed by atoms with Crippen LogP contribution in [0, 0.1) is 83.5 Å². The summed E-state index contributed by atoms with van der Waals surface area (Å²) in [5.74, 6) is -10.9. The van der Waals surface area contributed by atoms with Crippen LogP contribution in [-0.2, 0) is 28.8 Å². The second kappa shape index (κ2) is 23.1. The fraction of sp³-hybridized carbons (Fsp3) is 0. The van der Waals surface area contributed by atoms with Crippen LogP contribution in [0.25, 0.3) is 0 Å². The third-order valence-electron chi connectivity index (χ3n) is 0.549. The van der Waals surface area contributed by atoms with E-state index in [2.05, 4.69) is 0 Å². The minimum Gasteiger partial charge on any atom is -1.00 e. The maximum absolute atomic E-state index is 9.10. The van der Waals surface area contributed by atoms with Crippen molar-refractivity contribution in [1.82, 2.24) is 0 Å². The zero-order valence-corrected chi connectivity index (χ0v) is 18.3. The zero-order chi connectivity index (χ0) is 15.5.